The van der Waals surface area contributed by atoms with Crippen molar-refractivity contribution < 1.29 is 4.79 Å². The standard InChI is InChI=1S/C14H21ClN2O/c1-4-13(5-2)17(9-7-15)14(18)12-6-8-16-11(3)10-12/h6,8,10,13H,4-5,7,9H2,1-3H3. The molecular formula is C14H21ClN2O. The van der Waals surface area contributed by atoms with Gasteiger partial charge in [0.1, 0.15) is 0 Å². The Morgan fingerprint density at radius 3 is 2.61 bits per heavy atom. The molecule has 1 amide bonds. The molecule has 0 unspecified atom stereocenters. The summed E-state index contributed by atoms with van der Waals surface area (Å²) in [5.41, 5.74) is 1.55. The van der Waals surface area contributed by atoms with Gasteiger partial charge in [-0.3, -0.25) is 9.78 Å². The maximum absolute atomic E-state index is 12.5. The molecule has 0 N–H and O–H groups in total. The quantitative estimate of drug-likeness (QED) is 0.742. The monoisotopic (exact) mass is 268 g/mol. The molecule has 0 bridgehead atoms. The molecule has 0 radical (unpaired) electrons. The third kappa shape index (κ3) is 3.70. The van der Waals surface area contributed by atoms with Crippen molar-refractivity contribution in [1.29, 1.82) is 0 Å². The molecule has 0 aliphatic carbocycles. The molecule has 0 saturated heterocycles. The van der Waals surface area contributed by atoms with Crippen molar-refractivity contribution in [3.63, 3.8) is 0 Å². The van der Waals surface area contributed by atoms with Crippen LogP contribution in [0.5, 0.6) is 0 Å². The van der Waals surface area contributed by atoms with E-state index in [1.807, 2.05) is 17.9 Å². The van der Waals surface area contributed by atoms with Crippen LogP contribution in [0.2, 0.25) is 0 Å². The van der Waals surface area contributed by atoms with Crippen LogP contribution < -0.4 is 0 Å². The van der Waals surface area contributed by atoms with Crippen LogP contribution in [0.3, 0.4) is 0 Å². The van der Waals surface area contributed by atoms with E-state index in [-0.39, 0.29) is 11.9 Å². The number of nitrogens with zero attached hydrogens (tertiary/aromatic N) is 2. The van der Waals surface area contributed by atoms with Crippen LogP contribution >= 0.6 is 11.6 Å². The molecule has 3 nitrogen and oxygen atoms in total. The average molecular weight is 269 g/mol. The van der Waals surface area contributed by atoms with Gasteiger partial charge in [-0.15, -0.1) is 11.6 Å². The Morgan fingerprint density at radius 1 is 1.44 bits per heavy atom. The highest BCUT2D eigenvalue weighted by Gasteiger charge is 2.21. The number of alkyl halides is 1. The van der Waals surface area contributed by atoms with Crippen LogP contribution in [0.25, 0.3) is 0 Å². The first-order valence-corrected chi connectivity index (χ1v) is 6.97. The average Bonchev–Trinajstić information content (AvgIpc) is 2.38. The second-order valence-electron chi connectivity index (χ2n) is 4.34. The third-order valence-corrected chi connectivity index (χ3v) is 3.28. The lowest BCUT2D eigenvalue weighted by Gasteiger charge is -2.30. The fraction of sp³-hybridized carbons (Fsp3) is 0.571. The molecule has 0 aliphatic rings. The lowest BCUT2D eigenvalue weighted by Crippen LogP contribution is -2.41. The van der Waals surface area contributed by atoms with E-state index in [9.17, 15) is 4.79 Å². The molecule has 1 aromatic rings. The Balaban J connectivity index is 2.95. The molecule has 4 heteroatoms. The summed E-state index contributed by atoms with van der Waals surface area (Å²) in [6.07, 6.45) is 3.57. The van der Waals surface area contributed by atoms with Gasteiger partial charge in [0.05, 0.1) is 0 Å². The number of halogens is 1. The van der Waals surface area contributed by atoms with E-state index in [1.165, 1.54) is 0 Å². The Labute approximate surface area is 114 Å². The molecule has 0 aliphatic heterocycles. The van der Waals surface area contributed by atoms with E-state index in [0.29, 0.717) is 18.0 Å². The lowest BCUT2D eigenvalue weighted by atomic mass is 10.1. The van der Waals surface area contributed by atoms with Gasteiger partial charge in [0, 0.05) is 35.9 Å². The topological polar surface area (TPSA) is 33.2 Å². The molecule has 0 spiro atoms. The molecule has 0 saturated carbocycles. The Kier molecular flexibility index (Phi) is 6.13. The number of carbonyl (C=O) groups excluding carboxylic acids is 1. The second kappa shape index (κ2) is 7.37. The molecular weight excluding hydrogens is 248 g/mol. The molecule has 1 rings (SSSR count). The van der Waals surface area contributed by atoms with Gasteiger partial charge in [-0.05, 0) is 31.9 Å². The van der Waals surface area contributed by atoms with Gasteiger partial charge in [0.2, 0.25) is 0 Å². The number of aryl methyl sites for hydroxylation is 1. The van der Waals surface area contributed by atoms with Gasteiger partial charge < -0.3 is 4.90 Å². The minimum absolute atomic E-state index is 0.0508. The van der Waals surface area contributed by atoms with Crippen LogP contribution in [0.15, 0.2) is 18.3 Å². The van der Waals surface area contributed by atoms with Crippen LogP contribution in [0, 0.1) is 6.92 Å². The van der Waals surface area contributed by atoms with Crippen LogP contribution in [0.4, 0.5) is 0 Å². The van der Waals surface area contributed by atoms with Crippen molar-refractivity contribution in [3.05, 3.63) is 29.6 Å². The zero-order chi connectivity index (χ0) is 13.5. The first-order valence-electron chi connectivity index (χ1n) is 6.43. The molecule has 100 valence electrons. The molecule has 0 aromatic carbocycles. The highest BCUT2D eigenvalue weighted by Crippen LogP contribution is 2.14. The van der Waals surface area contributed by atoms with Gasteiger partial charge in [-0.1, -0.05) is 13.8 Å². The maximum atomic E-state index is 12.5. The van der Waals surface area contributed by atoms with Gasteiger partial charge >= 0.3 is 0 Å². The zero-order valence-electron chi connectivity index (χ0n) is 11.3. The largest absolute Gasteiger partial charge is 0.334 e. The number of amides is 1. The maximum Gasteiger partial charge on any atom is 0.254 e. The van der Waals surface area contributed by atoms with E-state index in [2.05, 4.69) is 18.8 Å². The normalized spacial score (nSPS) is 10.7. The minimum atomic E-state index is 0.0508. The van der Waals surface area contributed by atoms with E-state index in [4.69, 9.17) is 11.6 Å². The Bertz CT molecular complexity index is 391. The summed E-state index contributed by atoms with van der Waals surface area (Å²) in [5, 5.41) is 0. The number of carbonyl (C=O) groups is 1. The minimum Gasteiger partial charge on any atom is -0.334 e. The molecule has 1 heterocycles. The van der Waals surface area contributed by atoms with Crippen LogP contribution in [0.1, 0.15) is 42.7 Å². The number of hydrogen-bond acceptors (Lipinski definition) is 2. The predicted octanol–water partition coefficient (Wildman–Crippen LogP) is 3.26. The highest BCUT2D eigenvalue weighted by molar-refractivity contribution is 6.18. The van der Waals surface area contributed by atoms with Crippen molar-refractivity contribution in [1.82, 2.24) is 9.88 Å². The van der Waals surface area contributed by atoms with Crippen molar-refractivity contribution in [3.8, 4) is 0 Å². The van der Waals surface area contributed by atoms with Crippen molar-refractivity contribution >= 4 is 17.5 Å². The van der Waals surface area contributed by atoms with E-state index in [1.54, 1.807) is 12.3 Å². The van der Waals surface area contributed by atoms with Gasteiger partial charge in [-0.25, -0.2) is 0 Å². The predicted molar refractivity (Wildman–Crippen MR) is 75.1 cm³/mol. The molecule has 18 heavy (non-hydrogen) atoms. The number of pyridine rings is 1. The van der Waals surface area contributed by atoms with Gasteiger partial charge in [-0.2, -0.15) is 0 Å². The summed E-state index contributed by atoms with van der Waals surface area (Å²) in [5.74, 6) is 0.515. The van der Waals surface area contributed by atoms with Crippen LogP contribution in [-0.2, 0) is 0 Å². The van der Waals surface area contributed by atoms with Crippen molar-refractivity contribution in [2.24, 2.45) is 0 Å². The first-order chi connectivity index (χ1) is 8.63. The second-order valence-corrected chi connectivity index (χ2v) is 4.72. The van der Waals surface area contributed by atoms with Crippen molar-refractivity contribution in [2.75, 3.05) is 12.4 Å². The smallest absolute Gasteiger partial charge is 0.254 e. The summed E-state index contributed by atoms with van der Waals surface area (Å²) in [6, 6.07) is 3.84. The summed E-state index contributed by atoms with van der Waals surface area (Å²) in [4.78, 5) is 18.5. The van der Waals surface area contributed by atoms with Crippen LogP contribution in [-0.4, -0.2) is 34.3 Å². The summed E-state index contributed by atoms with van der Waals surface area (Å²) in [7, 11) is 0. The number of aromatic nitrogens is 1. The fourth-order valence-corrected chi connectivity index (χ4v) is 2.30. The number of hydrogen-bond donors (Lipinski definition) is 0. The summed E-state index contributed by atoms with van der Waals surface area (Å²) < 4.78 is 0. The molecule has 0 fully saturated rings. The highest BCUT2D eigenvalue weighted by atomic mass is 35.5. The fourth-order valence-electron chi connectivity index (χ4n) is 2.11. The SMILES string of the molecule is CCC(CC)N(CCCl)C(=O)c1ccnc(C)c1. The lowest BCUT2D eigenvalue weighted by molar-refractivity contribution is 0.0681. The Hall–Kier alpha value is -1.09. The van der Waals surface area contributed by atoms with Gasteiger partial charge in [0.15, 0.2) is 0 Å². The summed E-state index contributed by atoms with van der Waals surface area (Å²) >= 11 is 5.81. The van der Waals surface area contributed by atoms with Gasteiger partial charge in [0.25, 0.3) is 5.91 Å². The van der Waals surface area contributed by atoms with E-state index in [0.717, 1.165) is 18.5 Å². The zero-order valence-corrected chi connectivity index (χ0v) is 12.1. The van der Waals surface area contributed by atoms with Crippen molar-refractivity contribution in [2.45, 2.75) is 39.7 Å². The van der Waals surface area contributed by atoms with E-state index >= 15 is 0 Å². The molecule has 0 atom stereocenters. The first kappa shape index (κ1) is 15.0. The number of rotatable bonds is 6. The van der Waals surface area contributed by atoms with E-state index < -0.39 is 0 Å². The third-order valence-electron chi connectivity index (χ3n) is 3.11. The Morgan fingerprint density at radius 2 is 2.11 bits per heavy atom. The summed E-state index contributed by atoms with van der Waals surface area (Å²) in [6.45, 7) is 6.68. The molecule has 1 aromatic heterocycles.